The van der Waals surface area contributed by atoms with E-state index in [2.05, 4.69) is 0 Å². The van der Waals surface area contributed by atoms with Crippen LogP contribution in [0.3, 0.4) is 0 Å². The molecule has 0 unspecified atom stereocenters. The van der Waals surface area contributed by atoms with Crippen molar-refractivity contribution in [2.45, 2.75) is 11.3 Å². The fraction of sp³-hybridized carbons (Fsp3) is 0.222. The van der Waals surface area contributed by atoms with Gasteiger partial charge in [0, 0.05) is 4.90 Å². The van der Waals surface area contributed by atoms with Crippen molar-refractivity contribution < 1.29 is 4.39 Å². The van der Waals surface area contributed by atoms with Crippen LogP contribution in [0.2, 0.25) is 0 Å². The van der Waals surface area contributed by atoms with E-state index in [1.54, 1.807) is 18.4 Å². The van der Waals surface area contributed by atoms with Gasteiger partial charge < -0.3 is 0 Å². The van der Waals surface area contributed by atoms with E-state index in [1.165, 1.54) is 17.8 Å². The van der Waals surface area contributed by atoms with Gasteiger partial charge in [-0.15, -0.1) is 11.8 Å². The van der Waals surface area contributed by atoms with E-state index < -0.39 is 0 Å². The standard InChI is InChI=1S/C9H8FNS/c1-12-9-7(5-6-11)3-2-4-8(9)10/h2-4H,5H2,1H3. The van der Waals surface area contributed by atoms with Gasteiger partial charge in [-0.25, -0.2) is 4.39 Å². The Kier molecular flexibility index (Phi) is 3.12. The lowest BCUT2D eigenvalue weighted by Gasteiger charge is -2.03. The molecule has 12 heavy (non-hydrogen) atoms. The summed E-state index contributed by atoms with van der Waals surface area (Å²) in [6.45, 7) is 0. The summed E-state index contributed by atoms with van der Waals surface area (Å²) < 4.78 is 13.0. The Morgan fingerprint density at radius 3 is 2.92 bits per heavy atom. The largest absolute Gasteiger partial charge is 0.206 e. The van der Waals surface area contributed by atoms with Crippen molar-refractivity contribution in [1.82, 2.24) is 0 Å². The molecule has 0 aliphatic carbocycles. The van der Waals surface area contributed by atoms with Crippen LogP contribution in [0.1, 0.15) is 5.56 Å². The van der Waals surface area contributed by atoms with Gasteiger partial charge in [-0.2, -0.15) is 5.26 Å². The predicted molar refractivity (Wildman–Crippen MR) is 47.5 cm³/mol. The van der Waals surface area contributed by atoms with Crippen molar-refractivity contribution in [1.29, 1.82) is 5.26 Å². The van der Waals surface area contributed by atoms with Crippen LogP contribution in [0.4, 0.5) is 4.39 Å². The van der Waals surface area contributed by atoms with Crippen LogP contribution in [0.5, 0.6) is 0 Å². The third kappa shape index (κ3) is 1.77. The molecule has 1 aromatic carbocycles. The number of rotatable bonds is 2. The summed E-state index contributed by atoms with van der Waals surface area (Å²) in [5.74, 6) is -0.241. The smallest absolute Gasteiger partial charge is 0.137 e. The lowest BCUT2D eigenvalue weighted by Crippen LogP contribution is -1.89. The summed E-state index contributed by atoms with van der Waals surface area (Å²) in [7, 11) is 0. The molecular weight excluding hydrogens is 173 g/mol. The zero-order chi connectivity index (χ0) is 8.97. The maximum absolute atomic E-state index is 13.0. The number of nitrogens with zero attached hydrogens (tertiary/aromatic N) is 1. The number of halogens is 1. The minimum atomic E-state index is -0.241. The molecule has 62 valence electrons. The van der Waals surface area contributed by atoms with E-state index in [0.717, 1.165) is 5.56 Å². The first-order valence-electron chi connectivity index (χ1n) is 3.48. The van der Waals surface area contributed by atoms with Gasteiger partial charge in [-0.1, -0.05) is 12.1 Å². The highest BCUT2D eigenvalue weighted by Gasteiger charge is 2.05. The lowest BCUT2D eigenvalue weighted by atomic mass is 10.2. The van der Waals surface area contributed by atoms with Crippen molar-refractivity contribution in [3.63, 3.8) is 0 Å². The molecule has 0 fully saturated rings. The van der Waals surface area contributed by atoms with Crippen LogP contribution >= 0.6 is 11.8 Å². The molecule has 0 spiro atoms. The van der Waals surface area contributed by atoms with Crippen LogP contribution in [0, 0.1) is 17.1 Å². The van der Waals surface area contributed by atoms with Gasteiger partial charge in [0.2, 0.25) is 0 Å². The van der Waals surface area contributed by atoms with Crippen LogP contribution in [-0.4, -0.2) is 6.26 Å². The van der Waals surface area contributed by atoms with Crippen LogP contribution in [-0.2, 0) is 6.42 Å². The molecule has 0 aromatic heterocycles. The molecule has 0 amide bonds. The molecule has 0 saturated heterocycles. The fourth-order valence-electron chi connectivity index (χ4n) is 1.01. The van der Waals surface area contributed by atoms with E-state index in [-0.39, 0.29) is 12.2 Å². The first-order chi connectivity index (χ1) is 5.79. The Morgan fingerprint density at radius 2 is 2.33 bits per heavy atom. The molecule has 3 heteroatoms. The van der Waals surface area contributed by atoms with Gasteiger partial charge in [-0.3, -0.25) is 0 Å². The minimum Gasteiger partial charge on any atom is -0.206 e. The number of nitriles is 1. The second-order valence-electron chi connectivity index (χ2n) is 2.27. The van der Waals surface area contributed by atoms with Gasteiger partial charge in [0.1, 0.15) is 5.82 Å². The molecule has 0 bridgehead atoms. The highest BCUT2D eigenvalue weighted by atomic mass is 32.2. The van der Waals surface area contributed by atoms with Crippen LogP contribution < -0.4 is 0 Å². The second kappa shape index (κ2) is 4.13. The summed E-state index contributed by atoms with van der Waals surface area (Å²) in [4.78, 5) is 0.582. The average molecular weight is 181 g/mol. The molecule has 1 rings (SSSR count). The first-order valence-corrected chi connectivity index (χ1v) is 4.70. The van der Waals surface area contributed by atoms with Crippen molar-refractivity contribution in [2.75, 3.05) is 6.26 Å². The number of hydrogen-bond acceptors (Lipinski definition) is 2. The zero-order valence-corrected chi connectivity index (χ0v) is 7.49. The Balaban J connectivity index is 3.11. The van der Waals surface area contributed by atoms with Gasteiger partial charge in [0.15, 0.2) is 0 Å². The SMILES string of the molecule is CSc1c(F)cccc1CC#N. The highest BCUT2D eigenvalue weighted by molar-refractivity contribution is 7.98. The molecule has 0 radical (unpaired) electrons. The monoisotopic (exact) mass is 181 g/mol. The van der Waals surface area contributed by atoms with Crippen molar-refractivity contribution in [3.8, 4) is 6.07 Å². The first kappa shape index (κ1) is 9.08. The molecule has 1 aromatic rings. The third-order valence-corrected chi connectivity index (χ3v) is 2.39. The number of thioether (sulfide) groups is 1. The van der Waals surface area contributed by atoms with E-state index in [9.17, 15) is 4.39 Å². The number of hydrogen-bond donors (Lipinski definition) is 0. The Labute approximate surface area is 75.2 Å². The summed E-state index contributed by atoms with van der Waals surface area (Å²) in [6, 6.07) is 6.82. The lowest BCUT2D eigenvalue weighted by molar-refractivity contribution is 0.599. The van der Waals surface area contributed by atoms with Crippen molar-refractivity contribution in [2.24, 2.45) is 0 Å². The Morgan fingerprint density at radius 1 is 1.58 bits per heavy atom. The maximum atomic E-state index is 13.0. The Hall–Kier alpha value is -1.01. The second-order valence-corrected chi connectivity index (χ2v) is 3.08. The normalized spacial score (nSPS) is 9.42. The van der Waals surface area contributed by atoms with E-state index in [1.807, 2.05) is 6.07 Å². The van der Waals surface area contributed by atoms with Gasteiger partial charge >= 0.3 is 0 Å². The molecule has 0 saturated carbocycles. The van der Waals surface area contributed by atoms with E-state index in [4.69, 9.17) is 5.26 Å². The van der Waals surface area contributed by atoms with E-state index >= 15 is 0 Å². The number of benzene rings is 1. The summed E-state index contributed by atoms with van der Waals surface area (Å²) >= 11 is 1.34. The Bertz CT molecular complexity index is 317. The quantitative estimate of drug-likeness (QED) is 0.655. The third-order valence-electron chi connectivity index (χ3n) is 1.52. The molecule has 0 aliphatic rings. The van der Waals surface area contributed by atoms with Gasteiger partial charge in [-0.05, 0) is 17.9 Å². The zero-order valence-electron chi connectivity index (χ0n) is 6.67. The summed E-state index contributed by atoms with van der Waals surface area (Å²) in [5, 5.41) is 8.45. The predicted octanol–water partition coefficient (Wildman–Crippen LogP) is 2.61. The van der Waals surface area contributed by atoms with Gasteiger partial charge in [0.25, 0.3) is 0 Å². The van der Waals surface area contributed by atoms with Crippen LogP contribution in [0.25, 0.3) is 0 Å². The molecule has 0 N–H and O–H groups in total. The van der Waals surface area contributed by atoms with Crippen LogP contribution in [0.15, 0.2) is 23.1 Å². The topological polar surface area (TPSA) is 23.8 Å². The maximum Gasteiger partial charge on any atom is 0.137 e. The molecule has 0 heterocycles. The summed E-state index contributed by atoms with van der Waals surface area (Å²) in [6.07, 6.45) is 2.08. The van der Waals surface area contributed by atoms with Gasteiger partial charge in [0.05, 0.1) is 12.5 Å². The van der Waals surface area contributed by atoms with E-state index in [0.29, 0.717) is 4.90 Å². The highest BCUT2D eigenvalue weighted by Crippen LogP contribution is 2.23. The molecule has 0 atom stereocenters. The average Bonchev–Trinajstić information content (AvgIpc) is 2.05. The van der Waals surface area contributed by atoms with Crippen molar-refractivity contribution >= 4 is 11.8 Å². The minimum absolute atomic E-state index is 0.241. The molecule has 1 nitrogen and oxygen atoms in total. The fourth-order valence-corrected chi connectivity index (χ4v) is 1.67. The molecular formula is C9H8FNS. The molecule has 0 aliphatic heterocycles. The van der Waals surface area contributed by atoms with Crippen molar-refractivity contribution in [3.05, 3.63) is 29.6 Å². The summed E-state index contributed by atoms with van der Waals surface area (Å²) in [5.41, 5.74) is 0.769.